The molecule has 0 bridgehead atoms. The summed E-state index contributed by atoms with van der Waals surface area (Å²) in [5.74, 6) is 0.648. The molecular formula is C21H27F3N2O2. The molecule has 1 aromatic carbocycles. The van der Waals surface area contributed by atoms with Gasteiger partial charge in [-0.25, -0.2) is 0 Å². The van der Waals surface area contributed by atoms with Crippen molar-refractivity contribution >= 4 is 10.9 Å². The molecule has 2 aliphatic rings. The van der Waals surface area contributed by atoms with E-state index in [0.717, 1.165) is 50.6 Å². The van der Waals surface area contributed by atoms with Crippen LogP contribution in [0.4, 0.5) is 13.2 Å². The molecule has 1 N–H and O–H groups in total. The predicted octanol–water partition coefficient (Wildman–Crippen LogP) is 4.35. The predicted molar refractivity (Wildman–Crippen MR) is 101 cm³/mol. The van der Waals surface area contributed by atoms with Gasteiger partial charge in [-0.2, -0.15) is 13.2 Å². The second-order valence-electron chi connectivity index (χ2n) is 8.02. The minimum Gasteiger partial charge on any atom is -0.490 e. The minimum atomic E-state index is -4.25. The zero-order chi connectivity index (χ0) is 19.7. The van der Waals surface area contributed by atoms with Gasteiger partial charge in [0, 0.05) is 30.7 Å². The fourth-order valence-corrected chi connectivity index (χ4v) is 4.65. The Kier molecular flexibility index (Phi) is 5.56. The Hall–Kier alpha value is -1.73. The maximum atomic E-state index is 12.8. The quantitative estimate of drug-likeness (QED) is 0.835. The van der Waals surface area contributed by atoms with Crippen molar-refractivity contribution in [1.82, 2.24) is 9.47 Å². The Morgan fingerprint density at radius 2 is 1.79 bits per heavy atom. The van der Waals surface area contributed by atoms with E-state index in [0.29, 0.717) is 11.3 Å². The number of likely N-dealkylation sites (tertiary alicyclic amines) is 1. The van der Waals surface area contributed by atoms with Gasteiger partial charge in [-0.05, 0) is 43.9 Å². The van der Waals surface area contributed by atoms with Gasteiger partial charge in [0.1, 0.15) is 18.4 Å². The fourth-order valence-electron chi connectivity index (χ4n) is 4.65. The molecule has 4 nitrogen and oxygen atoms in total. The molecule has 4 rings (SSSR count). The molecule has 1 saturated heterocycles. The van der Waals surface area contributed by atoms with Crippen LogP contribution >= 0.6 is 0 Å². The maximum Gasteiger partial charge on any atom is 0.406 e. The molecule has 154 valence electrons. The summed E-state index contributed by atoms with van der Waals surface area (Å²) in [5.41, 5.74) is 0.539. The number of aromatic nitrogens is 1. The van der Waals surface area contributed by atoms with Gasteiger partial charge in [0.15, 0.2) is 0 Å². The van der Waals surface area contributed by atoms with Gasteiger partial charge in [-0.3, -0.25) is 4.90 Å². The van der Waals surface area contributed by atoms with Crippen molar-refractivity contribution in [2.75, 3.05) is 13.1 Å². The van der Waals surface area contributed by atoms with E-state index in [-0.39, 0.29) is 18.2 Å². The topological polar surface area (TPSA) is 37.6 Å². The first-order valence-electron chi connectivity index (χ1n) is 10.1. The van der Waals surface area contributed by atoms with Crippen molar-refractivity contribution in [3.8, 4) is 5.75 Å². The average molecular weight is 396 g/mol. The van der Waals surface area contributed by atoms with E-state index in [1.807, 2.05) is 6.07 Å². The van der Waals surface area contributed by atoms with Gasteiger partial charge in [0.2, 0.25) is 0 Å². The highest BCUT2D eigenvalue weighted by atomic mass is 19.4. The number of benzene rings is 1. The molecule has 1 aliphatic carbocycles. The number of piperidine rings is 1. The molecule has 1 aromatic heterocycles. The summed E-state index contributed by atoms with van der Waals surface area (Å²) in [6.07, 6.45) is 2.99. The van der Waals surface area contributed by atoms with Crippen molar-refractivity contribution in [2.45, 2.75) is 69.5 Å². The van der Waals surface area contributed by atoms with Crippen LogP contribution in [0.1, 0.15) is 38.5 Å². The Bertz CT molecular complexity index is 797. The van der Waals surface area contributed by atoms with Crippen LogP contribution in [0, 0.1) is 0 Å². The molecule has 1 saturated carbocycles. The van der Waals surface area contributed by atoms with Gasteiger partial charge in [0.05, 0.1) is 11.6 Å². The largest absolute Gasteiger partial charge is 0.490 e. The van der Waals surface area contributed by atoms with Gasteiger partial charge in [0.25, 0.3) is 0 Å². The first kappa shape index (κ1) is 19.6. The van der Waals surface area contributed by atoms with Gasteiger partial charge in [-0.15, -0.1) is 0 Å². The van der Waals surface area contributed by atoms with Crippen LogP contribution in [0.2, 0.25) is 0 Å². The number of hydrogen-bond acceptors (Lipinski definition) is 3. The lowest BCUT2D eigenvalue weighted by atomic mass is 9.90. The van der Waals surface area contributed by atoms with Crippen LogP contribution in [-0.4, -0.2) is 52.1 Å². The molecule has 1 aliphatic heterocycles. The van der Waals surface area contributed by atoms with Crippen LogP contribution in [0.25, 0.3) is 10.9 Å². The maximum absolute atomic E-state index is 12.8. The van der Waals surface area contributed by atoms with Crippen LogP contribution in [0.5, 0.6) is 5.75 Å². The summed E-state index contributed by atoms with van der Waals surface area (Å²) in [7, 11) is 0. The van der Waals surface area contributed by atoms with Crippen LogP contribution in [0.3, 0.4) is 0 Å². The standard InChI is InChI=1S/C21H27F3N2O2/c22-21(23,24)14-26-13-10-16-17(26)5-3-7-20(16)28-15-8-11-25(12-9-15)18-4-1-2-6-19(18)27/h3,5,7,10,13,15,18-19,27H,1-2,4,6,8-9,11-12,14H2. The Morgan fingerprint density at radius 3 is 2.50 bits per heavy atom. The van der Waals surface area contributed by atoms with Crippen molar-refractivity contribution in [3.63, 3.8) is 0 Å². The number of nitrogens with zero attached hydrogens (tertiary/aromatic N) is 2. The molecule has 7 heteroatoms. The van der Waals surface area contributed by atoms with Gasteiger partial charge >= 0.3 is 6.18 Å². The molecule has 2 heterocycles. The third-order valence-electron chi connectivity index (χ3n) is 6.06. The van der Waals surface area contributed by atoms with Crippen LogP contribution in [0.15, 0.2) is 30.5 Å². The van der Waals surface area contributed by atoms with Gasteiger partial charge in [-0.1, -0.05) is 18.9 Å². The highest BCUT2D eigenvalue weighted by Gasteiger charge is 2.32. The number of aliphatic hydroxyl groups excluding tert-OH is 1. The van der Waals surface area contributed by atoms with E-state index < -0.39 is 12.7 Å². The van der Waals surface area contributed by atoms with Crippen molar-refractivity contribution in [3.05, 3.63) is 30.5 Å². The number of hydrogen-bond donors (Lipinski definition) is 1. The summed E-state index contributed by atoms with van der Waals surface area (Å²) in [5, 5.41) is 11.0. The van der Waals surface area contributed by atoms with E-state index in [2.05, 4.69) is 4.90 Å². The lowest BCUT2D eigenvalue weighted by Crippen LogP contribution is -2.50. The highest BCUT2D eigenvalue weighted by molar-refractivity contribution is 5.86. The number of ether oxygens (including phenoxy) is 1. The monoisotopic (exact) mass is 396 g/mol. The summed E-state index contributed by atoms with van der Waals surface area (Å²) >= 11 is 0. The molecule has 0 radical (unpaired) electrons. The SMILES string of the molecule is OC1CCCCC1N1CCC(Oc2cccc3c2ccn3CC(F)(F)F)CC1. The van der Waals surface area contributed by atoms with Crippen molar-refractivity contribution in [1.29, 1.82) is 0 Å². The molecule has 0 spiro atoms. The third-order valence-corrected chi connectivity index (χ3v) is 6.06. The lowest BCUT2D eigenvalue weighted by molar-refractivity contribution is -0.139. The van der Waals surface area contributed by atoms with Gasteiger partial charge < -0.3 is 14.4 Å². The summed E-state index contributed by atoms with van der Waals surface area (Å²) in [6, 6.07) is 7.23. The molecule has 2 unspecified atom stereocenters. The third kappa shape index (κ3) is 4.30. The Balaban J connectivity index is 1.41. The van der Waals surface area contributed by atoms with E-state index in [4.69, 9.17) is 4.74 Å². The second-order valence-corrected chi connectivity index (χ2v) is 8.02. The molecule has 2 aromatic rings. The number of fused-ring (bicyclic) bond motifs is 1. The average Bonchev–Trinajstić information content (AvgIpc) is 3.05. The smallest absolute Gasteiger partial charge is 0.406 e. The highest BCUT2D eigenvalue weighted by Crippen LogP contribution is 2.32. The summed E-state index contributed by atoms with van der Waals surface area (Å²) in [6.45, 7) is 0.775. The van der Waals surface area contributed by atoms with Crippen LogP contribution < -0.4 is 4.74 Å². The fraction of sp³-hybridized carbons (Fsp3) is 0.619. The first-order valence-corrected chi connectivity index (χ1v) is 10.1. The number of alkyl halides is 3. The molecule has 2 fully saturated rings. The first-order chi connectivity index (χ1) is 13.4. The molecule has 28 heavy (non-hydrogen) atoms. The zero-order valence-corrected chi connectivity index (χ0v) is 15.9. The van der Waals surface area contributed by atoms with Crippen molar-refractivity contribution in [2.24, 2.45) is 0 Å². The normalized spacial score (nSPS) is 25.3. The summed E-state index contributed by atoms with van der Waals surface area (Å²) < 4.78 is 45.7. The van der Waals surface area contributed by atoms with Crippen LogP contribution in [-0.2, 0) is 6.54 Å². The van der Waals surface area contributed by atoms with Crippen molar-refractivity contribution < 1.29 is 23.0 Å². The minimum absolute atomic E-state index is 0.0496. The number of halogens is 3. The summed E-state index contributed by atoms with van der Waals surface area (Å²) in [4.78, 5) is 2.38. The molecule has 0 amide bonds. The van der Waals surface area contributed by atoms with E-state index in [1.165, 1.54) is 17.2 Å². The Morgan fingerprint density at radius 1 is 1.04 bits per heavy atom. The Labute approximate surface area is 162 Å². The van der Waals surface area contributed by atoms with E-state index in [9.17, 15) is 18.3 Å². The number of rotatable bonds is 4. The van der Waals surface area contributed by atoms with E-state index in [1.54, 1.807) is 18.2 Å². The zero-order valence-electron chi connectivity index (χ0n) is 15.9. The molecule has 2 atom stereocenters. The molecular weight excluding hydrogens is 369 g/mol. The number of aliphatic hydroxyl groups is 1. The second kappa shape index (κ2) is 7.95. The van der Waals surface area contributed by atoms with E-state index >= 15 is 0 Å². The lowest BCUT2D eigenvalue weighted by Gasteiger charge is -2.41.